The maximum atomic E-state index is 5.44. The van der Waals surface area contributed by atoms with Crippen LogP contribution in [0.15, 0.2) is 0 Å². The number of halogens is 1. The minimum atomic E-state index is 0.681. The molecule has 1 nitrogen and oxygen atoms in total. The van der Waals surface area contributed by atoms with Crippen LogP contribution in [0.5, 0.6) is 0 Å². The molecule has 0 bridgehead atoms. The largest absolute Gasteiger partial charge is 0.490 e. The number of rotatable bonds is 4. The van der Waals surface area contributed by atoms with Crippen LogP contribution in [0.4, 0.5) is 0 Å². The molecule has 0 saturated heterocycles. The highest BCUT2D eigenvalue weighted by Crippen LogP contribution is 1.99. The zero-order chi connectivity index (χ0) is 7.11. The fourth-order valence-corrected chi connectivity index (χ4v) is 0.799. The number of alkyl halides is 1. The van der Waals surface area contributed by atoms with Crippen LogP contribution >= 0.6 is 23.8 Å². The van der Waals surface area contributed by atoms with Crippen LogP contribution in [-0.2, 0) is 4.74 Å². The lowest BCUT2D eigenvalue weighted by Gasteiger charge is -1.98. The van der Waals surface area contributed by atoms with Gasteiger partial charge in [0.2, 0.25) is 0 Å². The molecule has 0 aliphatic carbocycles. The minimum absolute atomic E-state index is 0.681. The molecule has 0 heterocycles. The zero-order valence-corrected chi connectivity index (χ0v) is 7.10. The first-order valence-electron chi connectivity index (χ1n) is 2.94. The highest BCUT2D eigenvalue weighted by atomic mass is 35.5. The molecule has 0 aliphatic heterocycles. The Kier molecular flexibility index (Phi) is 6.43. The van der Waals surface area contributed by atoms with Crippen molar-refractivity contribution in [1.29, 1.82) is 0 Å². The molecule has 0 fully saturated rings. The van der Waals surface area contributed by atoms with Gasteiger partial charge in [0.15, 0.2) is 5.05 Å². The first-order chi connectivity index (χ1) is 4.31. The monoisotopic (exact) mass is 166 g/mol. The van der Waals surface area contributed by atoms with Crippen molar-refractivity contribution in [3.8, 4) is 0 Å². The molecule has 54 valence electrons. The van der Waals surface area contributed by atoms with E-state index < -0.39 is 0 Å². The Labute approximate surface area is 66.3 Å². The predicted molar refractivity (Wildman–Crippen MR) is 44.2 cm³/mol. The van der Waals surface area contributed by atoms with E-state index in [4.69, 9.17) is 28.6 Å². The molecule has 0 radical (unpaired) electrons. The van der Waals surface area contributed by atoms with E-state index in [0.29, 0.717) is 10.9 Å². The molecule has 0 N–H and O–H groups in total. The lowest BCUT2D eigenvalue weighted by molar-refractivity contribution is 0.400. The summed E-state index contributed by atoms with van der Waals surface area (Å²) >= 11 is 10.2. The summed E-state index contributed by atoms with van der Waals surface area (Å²) in [5.41, 5.74) is 0. The summed E-state index contributed by atoms with van der Waals surface area (Å²) in [5, 5.41) is 0.681. The molecular weight excluding hydrogens is 156 g/mol. The second-order valence-electron chi connectivity index (χ2n) is 1.72. The van der Waals surface area contributed by atoms with Gasteiger partial charge in [0.05, 0.1) is 7.11 Å². The third-order valence-electron chi connectivity index (χ3n) is 0.992. The molecule has 0 rings (SSSR count). The Balaban J connectivity index is 2.97. The molecule has 3 heteroatoms. The maximum Gasteiger partial charge on any atom is 0.159 e. The Morgan fingerprint density at radius 3 is 2.67 bits per heavy atom. The highest BCUT2D eigenvalue weighted by molar-refractivity contribution is 7.80. The van der Waals surface area contributed by atoms with E-state index in [9.17, 15) is 0 Å². The van der Waals surface area contributed by atoms with Crippen molar-refractivity contribution in [2.45, 2.75) is 19.3 Å². The predicted octanol–water partition coefficient (Wildman–Crippen LogP) is 2.37. The Bertz CT molecular complexity index is 85.1. The molecule has 0 aromatic heterocycles. The molecule has 0 amide bonds. The van der Waals surface area contributed by atoms with Crippen LogP contribution < -0.4 is 0 Å². The van der Waals surface area contributed by atoms with Gasteiger partial charge < -0.3 is 4.74 Å². The summed E-state index contributed by atoms with van der Waals surface area (Å²) in [4.78, 5) is 0. The SMILES string of the molecule is COC(=S)CCCCCl. The van der Waals surface area contributed by atoms with Crippen molar-refractivity contribution in [1.82, 2.24) is 0 Å². The summed E-state index contributed by atoms with van der Waals surface area (Å²) in [6.07, 6.45) is 2.92. The Hall–Kier alpha value is 0.180. The quantitative estimate of drug-likeness (QED) is 0.360. The third-order valence-corrected chi connectivity index (χ3v) is 1.63. The lowest BCUT2D eigenvalue weighted by atomic mass is 10.3. The fraction of sp³-hybridized carbons (Fsp3) is 0.833. The van der Waals surface area contributed by atoms with Gasteiger partial charge in [-0.15, -0.1) is 11.6 Å². The topological polar surface area (TPSA) is 9.23 Å². The second kappa shape index (κ2) is 6.30. The summed E-state index contributed by atoms with van der Waals surface area (Å²) in [6.45, 7) is 0. The molecule has 0 atom stereocenters. The minimum Gasteiger partial charge on any atom is -0.490 e. The van der Waals surface area contributed by atoms with Crippen molar-refractivity contribution in [3.05, 3.63) is 0 Å². The molecular formula is C6H11ClOS. The van der Waals surface area contributed by atoms with Gasteiger partial charge in [-0.25, -0.2) is 0 Å². The van der Waals surface area contributed by atoms with Gasteiger partial charge in [0, 0.05) is 12.3 Å². The van der Waals surface area contributed by atoms with Gasteiger partial charge in [-0.2, -0.15) is 0 Å². The first-order valence-corrected chi connectivity index (χ1v) is 3.88. The van der Waals surface area contributed by atoms with Crippen molar-refractivity contribution in [3.63, 3.8) is 0 Å². The van der Waals surface area contributed by atoms with Gasteiger partial charge in [-0.1, -0.05) is 0 Å². The summed E-state index contributed by atoms with van der Waals surface area (Å²) in [6, 6.07) is 0. The molecule has 0 aliphatic rings. The Morgan fingerprint density at radius 2 is 2.22 bits per heavy atom. The smallest absolute Gasteiger partial charge is 0.159 e. The zero-order valence-electron chi connectivity index (χ0n) is 5.52. The van der Waals surface area contributed by atoms with Crippen LogP contribution in [0.3, 0.4) is 0 Å². The summed E-state index contributed by atoms with van der Waals surface area (Å²) < 4.78 is 4.79. The number of hydrogen-bond donors (Lipinski definition) is 0. The molecule has 0 aromatic carbocycles. The van der Waals surface area contributed by atoms with E-state index in [1.165, 1.54) is 0 Å². The van der Waals surface area contributed by atoms with E-state index in [1.807, 2.05) is 0 Å². The maximum absolute atomic E-state index is 5.44. The van der Waals surface area contributed by atoms with Gasteiger partial charge in [0.25, 0.3) is 0 Å². The van der Waals surface area contributed by atoms with E-state index in [0.717, 1.165) is 19.3 Å². The second-order valence-corrected chi connectivity index (χ2v) is 2.56. The number of unbranched alkanes of at least 4 members (excludes halogenated alkanes) is 1. The van der Waals surface area contributed by atoms with Crippen molar-refractivity contribution in [2.24, 2.45) is 0 Å². The van der Waals surface area contributed by atoms with Crippen molar-refractivity contribution < 1.29 is 4.74 Å². The number of hydrogen-bond acceptors (Lipinski definition) is 2. The van der Waals surface area contributed by atoms with Crippen molar-refractivity contribution >= 4 is 28.9 Å². The average molecular weight is 167 g/mol. The number of thiocarbonyl (C=S) groups is 1. The normalized spacial score (nSPS) is 9.11. The van der Waals surface area contributed by atoms with Gasteiger partial charge >= 0.3 is 0 Å². The average Bonchev–Trinajstić information content (AvgIpc) is 1.89. The van der Waals surface area contributed by atoms with E-state index in [1.54, 1.807) is 7.11 Å². The van der Waals surface area contributed by atoms with Crippen LogP contribution in [0.2, 0.25) is 0 Å². The van der Waals surface area contributed by atoms with Gasteiger partial charge in [0.1, 0.15) is 0 Å². The molecule has 9 heavy (non-hydrogen) atoms. The standard InChI is InChI=1S/C6H11ClOS/c1-8-6(9)4-2-3-5-7/h2-5H2,1H3. The molecule has 0 aromatic rings. The summed E-state index contributed by atoms with van der Waals surface area (Å²) in [5.74, 6) is 0.715. The number of methoxy groups -OCH3 is 1. The molecule has 0 unspecified atom stereocenters. The molecule has 0 spiro atoms. The highest BCUT2D eigenvalue weighted by Gasteiger charge is 1.92. The lowest BCUT2D eigenvalue weighted by Crippen LogP contribution is -1.96. The Morgan fingerprint density at radius 1 is 1.56 bits per heavy atom. The van der Waals surface area contributed by atoms with E-state index in [-0.39, 0.29) is 0 Å². The fourth-order valence-electron chi connectivity index (χ4n) is 0.466. The van der Waals surface area contributed by atoms with Crippen LogP contribution in [0.25, 0.3) is 0 Å². The first kappa shape index (κ1) is 9.18. The van der Waals surface area contributed by atoms with Crippen LogP contribution in [-0.4, -0.2) is 18.0 Å². The third kappa shape index (κ3) is 6.06. The van der Waals surface area contributed by atoms with Crippen molar-refractivity contribution in [2.75, 3.05) is 13.0 Å². The molecule has 0 saturated carbocycles. The van der Waals surface area contributed by atoms with Crippen LogP contribution in [0, 0.1) is 0 Å². The number of ether oxygens (including phenoxy) is 1. The van der Waals surface area contributed by atoms with E-state index in [2.05, 4.69) is 0 Å². The van der Waals surface area contributed by atoms with E-state index >= 15 is 0 Å². The summed E-state index contributed by atoms with van der Waals surface area (Å²) in [7, 11) is 1.60. The van der Waals surface area contributed by atoms with Crippen LogP contribution in [0.1, 0.15) is 19.3 Å². The van der Waals surface area contributed by atoms with Gasteiger partial charge in [-0.3, -0.25) is 0 Å². The van der Waals surface area contributed by atoms with Gasteiger partial charge in [-0.05, 0) is 25.1 Å².